The molecule has 0 unspecified atom stereocenters. The molecule has 0 spiro atoms. The second kappa shape index (κ2) is 11.6. The maximum atomic E-state index is 12.4. The van der Waals surface area contributed by atoms with E-state index < -0.39 is 0 Å². The van der Waals surface area contributed by atoms with Gasteiger partial charge in [-0.25, -0.2) is 14.8 Å². The Morgan fingerprint density at radius 3 is 2.44 bits per heavy atom. The number of pyridine rings is 1. The molecule has 0 bridgehead atoms. The van der Waals surface area contributed by atoms with Gasteiger partial charge >= 0.3 is 6.03 Å². The molecule has 0 saturated carbocycles. The Balaban J connectivity index is 2.15. The molecule has 1 aromatic rings. The number of nitrogens with one attached hydrogen (secondary N) is 1. The highest BCUT2D eigenvalue weighted by molar-refractivity contribution is 6.03. The number of aromatic nitrogens is 1. The average Bonchev–Trinajstić information content (AvgIpc) is 2.73. The van der Waals surface area contributed by atoms with Crippen LogP contribution in [0.5, 0.6) is 0 Å². The lowest BCUT2D eigenvalue weighted by atomic mass is 10.1. The van der Waals surface area contributed by atoms with E-state index in [9.17, 15) is 4.79 Å². The van der Waals surface area contributed by atoms with Crippen molar-refractivity contribution in [2.24, 2.45) is 16.5 Å². The highest BCUT2D eigenvalue weighted by Gasteiger charge is 2.25. The van der Waals surface area contributed by atoms with Crippen LogP contribution in [0.4, 0.5) is 10.6 Å². The molecule has 0 atom stereocenters. The molecule has 1 aliphatic heterocycles. The quantitative estimate of drug-likeness (QED) is 0.287. The summed E-state index contributed by atoms with van der Waals surface area (Å²) in [6.45, 7) is 9.05. The molecule has 32 heavy (non-hydrogen) atoms. The van der Waals surface area contributed by atoms with Gasteiger partial charge < -0.3 is 37.2 Å². The van der Waals surface area contributed by atoms with E-state index in [1.807, 2.05) is 23.9 Å². The topological polar surface area (TPSA) is 142 Å². The number of piperazine rings is 1. The van der Waals surface area contributed by atoms with Crippen LogP contribution in [0.25, 0.3) is 0 Å². The van der Waals surface area contributed by atoms with Gasteiger partial charge in [-0.3, -0.25) is 0 Å². The summed E-state index contributed by atoms with van der Waals surface area (Å²) >= 11 is 0. The van der Waals surface area contributed by atoms with Gasteiger partial charge in [-0.15, -0.1) is 0 Å². The van der Waals surface area contributed by atoms with Crippen molar-refractivity contribution in [2.45, 2.75) is 6.92 Å². The molecule has 1 aromatic heterocycles. The van der Waals surface area contributed by atoms with Crippen LogP contribution in [0.15, 0.2) is 47.0 Å². The van der Waals surface area contributed by atoms with Crippen LogP contribution in [0.3, 0.4) is 0 Å². The number of hydrogen-bond acceptors (Lipinski definition) is 7. The maximum Gasteiger partial charge on any atom is 0.317 e. The number of aliphatic imine (C=N–C) groups is 1. The molecule has 10 heteroatoms. The predicted molar refractivity (Wildman–Crippen MR) is 128 cm³/mol. The van der Waals surface area contributed by atoms with E-state index in [2.05, 4.69) is 33.7 Å². The molecule has 1 fully saturated rings. The summed E-state index contributed by atoms with van der Waals surface area (Å²) in [5.74, 6) is 7.25. The Labute approximate surface area is 189 Å². The van der Waals surface area contributed by atoms with Gasteiger partial charge in [-0.1, -0.05) is 18.4 Å². The van der Waals surface area contributed by atoms with E-state index in [0.717, 1.165) is 6.54 Å². The molecule has 172 valence electrons. The highest BCUT2D eigenvalue weighted by atomic mass is 16.2. The SMILES string of the molecule is C=C(N)N=C(/C(C#Cc1ccc(N)nc1)=C(/C)N)N1CCN(C(=O)NCCN(C)C)CC1. The van der Waals surface area contributed by atoms with Gasteiger partial charge in [0.2, 0.25) is 0 Å². The number of anilines is 1. The van der Waals surface area contributed by atoms with E-state index in [1.54, 1.807) is 30.2 Å². The lowest BCUT2D eigenvalue weighted by Gasteiger charge is -2.36. The van der Waals surface area contributed by atoms with Gasteiger partial charge in [0, 0.05) is 56.7 Å². The summed E-state index contributed by atoms with van der Waals surface area (Å²) in [4.78, 5) is 26.7. The third-order valence-corrected chi connectivity index (χ3v) is 4.69. The number of nitrogens with two attached hydrogens (primary N) is 3. The summed E-state index contributed by atoms with van der Waals surface area (Å²) in [5.41, 5.74) is 19.3. The van der Waals surface area contributed by atoms with Gasteiger partial charge in [-0.2, -0.15) is 0 Å². The van der Waals surface area contributed by atoms with Crippen molar-refractivity contribution in [3.05, 3.63) is 47.6 Å². The van der Waals surface area contributed by atoms with E-state index in [0.29, 0.717) is 61.2 Å². The molecule has 1 aliphatic rings. The second-order valence-corrected chi connectivity index (χ2v) is 7.72. The number of nitrogens with zero attached hydrogens (tertiary/aromatic N) is 5. The van der Waals surface area contributed by atoms with Gasteiger partial charge in [0.1, 0.15) is 17.5 Å². The second-order valence-electron chi connectivity index (χ2n) is 7.72. The van der Waals surface area contributed by atoms with Gasteiger partial charge in [-0.05, 0) is 33.2 Å². The average molecular weight is 440 g/mol. The third-order valence-electron chi connectivity index (χ3n) is 4.69. The normalized spacial score (nSPS) is 15.1. The van der Waals surface area contributed by atoms with Crippen LogP contribution >= 0.6 is 0 Å². The highest BCUT2D eigenvalue weighted by Crippen LogP contribution is 2.13. The Morgan fingerprint density at radius 2 is 1.91 bits per heavy atom. The minimum Gasteiger partial charge on any atom is -0.401 e. The van der Waals surface area contributed by atoms with Crippen LogP contribution in [-0.2, 0) is 0 Å². The fraction of sp³-hybridized carbons (Fsp3) is 0.409. The Morgan fingerprint density at radius 1 is 1.25 bits per heavy atom. The number of hydrogen-bond donors (Lipinski definition) is 4. The summed E-state index contributed by atoms with van der Waals surface area (Å²) in [6, 6.07) is 3.39. The number of amides is 2. The third kappa shape index (κ3) is 7.52. The van der Waals surface area contributed by atoms with Crippen LogP contribution < -0.4 is 22.5 Å². The molecule has 0 aromatic carbocycles. The molecule has 2 rings (SSSR count). The first-order chi connectivity index (χ1) is 15.2. The Kier molecular flexibility index (Phi) is 8.92. The lowest BCUT2D eigenvalue weighted by Crippen LogP contribution is -2.54. The van der Waals surface area contributed by atoms with Gasteiger partial charge in [0.25, 0.3) is 0 Å². The molecule has 1 saturated heterocycles. The van der Waals surface area contributed by atoms with Crippen LogP contribution in [0.2, 0.25) is 0 Å². The number of nitrogen functional groups attached to an aromatic ring is 1. The first-order valence-corrected chi connectivity index (χ1v) is 10.3. The zero-order valence-electron chi connectivity index (χ0n) is 19.1. The number of urea groups is 1. The molecule has 0 radical (unpaired) electrons. The molecular formula is C22H33N9O. The minimum absolute atomic E-state index is 0.0744. The smallest absolute Gasteiger partial charge is 0.317 e. The van der Waals surface area contributed by atoms with Gasteiger partial charge in [0.05, 0.1) is 5.57 Å². The number of likely N-dealkylation sites (N-methyl/N-ethyl adjacent to an activating group) is 1. The van der Waals surface area contributed by atoms with Crippen molar-refractivity contribution in [3.63, 3.8) is 0 Å². The maximum absolute atomic E-state index is 12.4. The molecule has 2 amide bonds. The Bertz CT molecular complexity index is 926. The number of carbonyl (C=O) groups is 1. The van der Waals surface area contributed by atoms with Crippen LogP contribution in [0, 0.1) is 11.8 Å². The largest absolute Gasteiger partial charge is 0.401 e. The zero-order valence-corrected chi connectivity index (χ0v) is 19.1. The summed E-state index contributed by atoms with van der Waals surface area (Å²) in [5, 5.41) is 2.94. The van der Waals surface area contributed by atoms with E-state index in [1.165, 1.54) is 0 Å². The summed E-state index contributed by atoms with van der Waals surface area (Å²) < 4.78 is 0. The minimum atomic E-state index is -0.0744. The number of rotatable bonds is 5. The number of allylic oxidation sites excluding steroid dienone is 1. The molecule has 10 nitrogen and oxygen atoms in total. The standard InChI is InChI=1S/C22H33N9O/c1-16(23)19(7-5-18-6-8-20(25)27-15-18)21(28-17(2)24)30-11-13-31(14-12-30)22(32)26-9-10-29(3)4/h6,8,15H,2,9-14,23-24H2,1,3-4H3,(H2,25,27)(H,26,32)/b19-16-,28-21?. The molecule has 0 aliphatic carbocycles. The lowest BCUT2D eigenvalue weighted by molar-refractivity contribution is 0.169. The van der Waals surface area contributed by atoms with E-state index >= 15 is 0 Å². The number of carbonyl (C=O) groups excluding carboxylic acids is 1. The summed E-state index contributed by atoms with van der Waals surface area (Å²) in [6.07, 6.45) is 1.60. The van der Waals surface area contributed by atoms with E-state index in [4.69, 9.17) is 17.2 Å². The van der Waals surface area contributed by atoms with Gasteiger partial charge in [0.15, 0.2) is 0 Å². The van der Waals surface area contributed by atoms with Crippen molar-refractivity contribution < 1.29 is 4.79 Å². The monoisotopic (exact) mass is 439 g/mol. The first-order valence-electron chi connectivity index (χ1n) is 10.3. The first kappa shape index (κ1) is 24.6. The Hall–Kier alpha value is -3.71. The number of amidine groups is 1. The predicted octanol–water partition coefficient (Wildman–Crippen LogP) is -0.0348. The van der Waals surface area contributed by atoms with Crippen molar-refractivity contribution in [2.75, 3.05) is 59.1 Å². The fourth-order valence-corrected chi connectivity index (χ4v) is 2.99. The van der Waals surface area contributed by atoms with Crippen LogP contribution in [0.1, 0.15) is 12.5 Å². The van der Waals surface area contributed by atoms with Crippen LogP contribution in [-0.4, -0.2) is 84.9 Å². The molecule has 7 N–H and O–H groups in total. The van der Waals surface area contributed by atoms with Crippen molar-refractivity contribution in [1.29, 1.82) is 0 Å². The molecule has 2 heterocycles. The van der Waals surface area contributed by atoms with E-state index in [-0.39, 0.29) is 11.9 Å². The fourth-order valence-electron chi connectivity index (χ4n) is 2.99. The molecular weight excluding hydrogens is 406 g/mol. The summed E-state index contributed by atoms with van der Waals surface area (Å²) in [7, 11) is 3.93. The van der Waals surface area contributed by atoms with Crippen molar-refractivity contribution in [1.82, 2.24) is 25.0 Å². The zero-order chi connectivity index (χ0) is 23.7. The van der Waals surface area contributed by atoms with Crippen molar-refractivity contribution in [3.8, 4) is 11.8 Å². The van der Waals surface area contributed by atoms with Crippen molar-refractivity contribution >= 4 is 17.7 Å².